The van der Waals surface area contributed by atoms with Gasteiger partial charge in [-0.05, 0) is 30.7 Å². The van der Waals surface area contributed by atoms with Crippen LogP contribution in [0.4, 0.5) is 4.79 Å². The summed E-state index contributed by atoms with van der Waals surface area (Å²) in [7, 11) is 0. The Kier molecular flexibility index (Phi) is 10.1. The molecule has 22 heavy (non-hydrogen) atoms. The molecule has 2 amide bonds. The molecular formula is C16H30N2O3S. The summed E-state index contributed by atoms with van der Waals surface area (Å²) in [5.74, 6) is 0.185. The van der Waals surface area contributed by atoms with Crippen molar-refractivity contribution in [3.8, 4) is 0 Å². The fourth-order valence-electron chi connectivity index (χ4n) is 2.79. The third kappa shape index (κ3) is 8.51. The predicted molar refractivity (Wildman–Crippen MR) is 90.4 cm³/mol. The lowest BCUT2D eigenvalue weighted by Crippen LogP contribution is -2.32. The molecule has 5 nitrogen and oxygen atoms in total. The van der Waals surface area contributed by atoms with Gasteiger partial charge in [-0.25, -0.2) is 4.79 Å². The lowest BCUT2D eigenvalue weighted by Gasteiger charge is -2.24. The van der Waals surface area contributed by atoms with E-state index >= 15 is 0 Å². The van der Waals surface area contributed by atoms with Crippen molar-refractivity contribution in [2.45, 2.75) is 76.4 Å². The van der Waals surface area contributed by atoms with E-state index in [-0.39, 0.29) is 11.2 Å². The van der Waals surface area contributed by atoms with Crippen LogP contribution < -0.4 is 10.5 Å². The maximum Gasteiger partial charge on any atom is 0.417 e. The minimum Gasteiger partial charge on any atom is -0.449 e. The molecular weight excluding hydrogens is 300 g/mol. The lowest BCUT2D eigenvalue weighted by molar-refractivity contribution is -0.117. The summed E-state index contributed by atoms with van der Waals surface area (Å²) in [4.78, 5) is 23.1. The summed E-state index contributed by atoms with van der Waals surface area (Å²) in [6.45, 7) is 2.57. The normalized spacial score (nSPS) is 17.0. The molecule has 1 saturated carbocycles. The molecule has 0 bridgehead atoms. The van der Waals surface area contributed by atoms with Crippen LogP contribution in [0, 0.1) is 5.92 Å². The van der Waals surface area contributed by atoms with Gasteiger partial charge in [0.1, 0.15) is 5.25 Å². The van der Waals surface area contributed by atoms with Gasteiger partial charge in [0.15, 0.2) is 0 Å². The zero-order chi connectivity index (χ0) is 16.2. The molecule has 0 heterocycles. The molecule has 1 fully saturated rings. The predicted octanol–water partition coefficient (Wildman–Crippen LogP) is 3.77. The molecule has 0 radical (unpaired) electrons. The van der Waals surface area contributed by atoms with Gasteiger partial charge < -0.3 is 10.5 Å². The number of ether oxygens (including phenoxy) is 1. The van der Waals surface area contributed by atoms with Crippen LogP contribution in [0.2, 0.25) is 0 Å². The number of hydrogen-bond donors (Lipinski definition) is 2. The Bertz CT molecular complexity index is 333. The molecule has 0 saturated heterocycles. The molecule has 1 aliphatic carbocycles. The van der Waals surface area contributed by atoms with Crippen LogP contribution in [0.3, 0.4) is 0 Å². The van der Waals surface area contributed by atoms with Crippen LogP contribution >= 0.6 is 11.9 Å². The van der Waals surface area contributed by atoms with Gasteiger partial charge >= 0.3 is 6.09 Å². The van der Waals surface area contributed by atoms with Gasteiger partial charge in [0.05, 0.1) is 6.61 Å². The van der Waals surface area contributed by atoms with Crippen molar-refractivity contribution in [1.29, 1.82) is 0 Å². The largest absolute Gasteiger partial charge is 0.449 e. The third-order valence-corrected chi connectivity index (χ3v) is 5.10. The van der Waals surface area contributed by atoms with Crippen molar-refractivity contribution in [3.63, 3.8) is 0 Å². The molecule has 6 heteroatoms. The second kappa shape index (κ2) is 11.6. The molecule has 0 aromatic carbocycles. The third-order valence-electron chi connectivity index (χ3n) is 4.11. The SMILES string of the molecule is CCCCCCOC(=O)NS[C@@H](CC1CCCCC1)C(N)=O. The van der Waals surface area contributed by atoms with E-state index in [1.165, 1.54) is 19.3 Å². The topological polar surface area (TPSA) is 81.4 Å². The van der Waals surface area contributed by atoms with Crippen LogP contribution in [0.1, 0.15) is 71.1 Å². The highest BCUT2D eigenvalue weighted by Crippen LogP contribution is 2.30. The van der Waals surface area contributed by atoms with Gasteiger partial charge in [-0.1, -0.05) is 58.3 Å². The maximum atomic E-state index is 11.6. The summed E-state index contributed by atoms with van der Waals surface area (Å²) in [5.41, 5.74) is 5.44. The number of unbranched alkanes of at least 4 members (excludes halogenated alkanes) is 3. The minimum atomic E-state index is -0.476. The molecule has 1 atom stereocenters. The van der Waals surface area contributed by atoms with E-state index in [2.05, 4.69) is 11.6 Å². The standard InChI is InChI=1S/C16H30N2O3S/c1-2-3-4-8-11-21-16(20)18-22-14(15(17)19)12-13-9-6-5-7-10-13/h13-14H,2-12H2,1H3,(H2,17,19)(H,18,20)/t14-/m0/s1. The number of rotatable bonds is 10. The number of hydrogen-bond acceptors (Lipinski definition) is 4. The summed E-state index contributed by atoms with van der Waals surface area (Å²) >= 11 is 1.10. The number of carbonyl (C=O) groups excluding carboxylic acids is 2. The minimum absolute atomic E-state index is 0.362. The molecule has 0 unspecified atom stereocenters. The average molecular weight is 330 g/mol. The first-order chi connectivity index (χ1) is 10.6. The summed E-state index contributed by atoms with van der Waals surface area (Å²) < 4.78 is 7.68. The van der Waals surface area contributed by atoms with Gasteiger partial charge in [-0.15, -0.1) is 0 Å². The van der Waals surface area contributed by atoms with E-state index in [9.17, 15) is 9.59 Å². The second-order valence-electron chi connectivity index (χ2n) is 6.05. The number of carbonyl (C=O) groups is 2. The van der Waals surface area contributed by atoms with E-state index in [1.54, 1.807) is 0 Å². The van der Waals surface area contributed by atoms with Gasteiger partial charge in [-0.3, -0.25) is 9.52 Å². The van der Waals surface area contributed by atoms with Crippen molar-refractivity contribution >= 4 is 23.9 Å². The Hall–Kier alpha value is -0.910. The Labute approximate surface area is 138 Å². The maximum absolute atomic E-state index is 11.6. The van der Waals surface area contributed by atoms with Crippen molar-refractivity contribution in [2.24, 2.45) is 11.7 Å². The highest BCUT2D eigenvalue weighted by Gasteiger charge is 2.24. The van der Waals surface area contributed by atoms with Crippen LogP contribution in [0.15, 0.2) is 0 Å². The Morgan fingerprint density at radius 1 is 1.23 bits per heavy atom. The van der Waals surface area contributed by atoms with Crippen molar-refractivity contribution in [1.82, 2.24) is 4.72 Å². The van der Waals surface area contributed by atoms with Crippen LogP contribution in [0.5, 0.6) is 0 Å². The molecule has 0 spiro atoms. The highest BCUT2D eigenvalue weighted by molar-refractivity contribution is 7.99. The van der Waals surface area contributed by atoms with Crippen LogP contribution in [-0.4, -0.2) is 23.9 Å². The zero-order valence-corrected chi connectivity index (χ0v) is 14.5. The van der Waals surface area contributed by atoms with Crippen molar-refractivity contribution in [2.75, 3.05) is 6.61 Å². The number of primary amides is 1. The van der Waals surface area contributed by atoms with Gasteiger partial charge in [0, 0.05) is 0 Å². The molecule has 0 aromatic heterocycles. The van der Waals surface area contributed by atoms with Gasteiger partial charge in [0.25, 0.3) is 0 Å². The average Bonchev–Trinajstić information content (AvgIpc) is 2.52. The highest BCUT2D eigenvalue weighted by atomic mass is 32.2. The lowest BCUT2D eigenvalue weighted by atomic mass is 9.86. The number of nitrogens with two attached hydrogens (primary N) is 1. The number of amides is 2. The second-order valence-corrected chi connectivity index (χ2v) is 7.06. The molecule has 3 N–H and O–H groups in total. The van der Waals surface area contributed by atoms with Gasteiger partial charge in [-0.2, -0.15) is 0 Å². The fourth-order valence-corrected chi connectivity index (χ4v) is 3.57. The van der Waals surface area contributed by atoms with Crippen LogP contribution in [0.25, 0.3) is 0 Å². The molecule has 1 aliphatic rings. The van der Waals surface area contributed by atoms with Crippen molar-refractivity contribution in [3.05, 3.63) is 0 Å². The summed E-state index contributed by atoms with van der Waals surface area (Å²) in [6, 6.07) is 0. The molecule has 128 valence electrons. The zero-order valence-electron chi connectivity index (χ0n) is 13.6. The van der Waals surface area contributed by atoms with E-state index in [4.69, 9.17) is 10.5 Å². The van der Waals surface area contributed by atoms with Gasteiger partial charge in [0.2, 0.25) is 5.91 Å². The fraction of sp³-hybridized carbons (Fsp3) is 0.875. The summed E-state index contributed by atoms with van der Waals surface area (Å²) in [6.07, 6.45) is 10.6. The Morgan fingerprint density at radius 3 is 2.59 bits per heavy atom. The van der Waals surface area contributed by atoms with Crippen molar-refractivity contribution < 1.29 is 14.3 Å². The van der Waals surface area contributed by atoms with Crippen LogP contribution in [-0.2, 0) is 9.53 Å². The Morgan fingerprint density at radius 2 is 1.95 bits per heavy atom. The first kappa shape index (κ1) is 19.1. The monoisotopic (exact) mass is 330 g/mol. The first-order valence-electron chi connectivity index (χ1n) is 8.51. The van der Waals surface area contributed by atoms with E-state index in [0.717, 1.165) is 56.9 Å². The van der Waals surface area contributed by atoms with E-state index in [1.807, 2.05) is 0 Å². The van der Waals surface area contributed by atoms with E-state index < -0.39 is 6.09 Å². The first-order valence-corrected chi connectivity index (χ1v) is 9.39. The number of nitrogens with one attached hydrogen (secondary N) is 1. The molecule has 0 aliphatic heterocycles. The van der Waals surface area contributed by atoms with E-state index in [0.29, 0.717) is 12.5 Å². The molecule has 0 aromatic rings. The quantitative estimate of drug-likeness (QED) is 0.472. The smallest absolute Gasteiger partial charge is 0.417 e. The summed E-state index contributed by atoms with van der Waals surface area (Å²) in [5, 5.41) is -0.365. The molecule has 1 rings (SSSR count). The Balaban J connectivity index is 2.19.